The first-order valence-electron chi connectivity index (χ1n) is 8.47. The van der Waals surface area contributed by atoms with Crippen molar-refractivity contribution in [3.8, 4) is 11.4 Å². The number of pyridine rings is 1. The lowest BCUT2D eigenvalue weighted by Gasteiger charge is -2.19. The molecule has 0 amide bonds. The van der Waals surface area contributed by atoms with Crippen LogP contribution in [0.3, 0.4) is 0 Å². The third-order valence-electron chi connectivity index (χ3n) is 4.22. The van der Waals surface area contributed by atoms with Crippen LogP contribution in [0.4, 0.5) is 0 Å². The Morgan fingerprint density at radius 1 is 0.960 bits per heavy atom. The van der Waals surface area contributed by atoms with E-state index in [1.807, 2.05) is 19.4 Å². The molecule has 0 unspecified atom stereocenters. The highest BCUT2D eigenvalue weighted by molar-refractivity contribution is 7.99. The first kappa shape index (κ1) is 17.7. The zero-order valence-electron chi connectivity index (χ0n) is 15.2. The van der Waals surface area contributed by atoms with Gasteiger partial charge >= 0.3 is 0 Å². The first-order chi connectivity index (χ1) is 11.9. The minimum absolute atomic E-state index is 0.159. The fourth-order valence-corrected chi connectivity index (χ4v) is 3.52. The van der Waals surface area contributed by atoms with Gasteiger partial charge < -0.3 is 4.57 Å². The van der Waals surface area contributed by atoms with Crippen molar-refractivity contribution in [2.24, 2.45) is 7.05 Å². The number of hydrogen-bond donors (Lipinski definition) is 0. The highest BCUT2D eigenvalue weighted by atomic mass is 32.2. The number of aromatic nitrogens is 4. The van der Waals surface area contributed by atoms with Crippen molar-refractivity contribution in [2.75, 3.05) is 5.75 Å². The zero-order valence-corrected chi connectivity index (χ0v) is 16.0. The van der Waals surface area contributed by atoms with Crippen LogP contribution >= 0.6 is 11.8 Å². The van der Waals surface area contributed by atoms with E-state index in [-0.39, 0.29) is 5.41 Å². The van der Waals surface area contributed by atoms with E-state index in [4.69, 9.17) is 0 Å². The lowest BCUT2D eigenvalue weighted by molar-refractivity contribution is 0.590. The molecule has 0 bridgehead atoms. The Morgan fingerprint density at radius 2 is 1.64 bits per heavy atom. The third-order valence-corrected chi connectivity index (χ3v) is 5.24. The van der Waals surface area contributed by atoms with Crippen LogP contribution in [-0.4, -0.2) is 25.5 Å². The molecule has 3 rings (SSSR count). The molecule has 0 spiro atoms. The quantitative estimate of drug-likeness (QED) is 0.634. The van der Waals surface area contributed by atoms with Gasteiger partial charge in [-0.2, -0.15) is 0 Å². The molecule has 25 heavy (non-hydrogen) atoms. The van der Waals surface area contributed by atoms with Crippen molar-refractivity contribution >= 4 is 11.8 Å². The maximum absolute atomic E-state index is 4.39. The van der Waals surface area contributed by atoms with Gasteiger partial charge in [-0.15, -0.1) is 10.2 Å². The van der Waals surface area contributed by atoms with Gasteiger partial charge in [-0.1, -0.05) is 56.8 Å². The monoisotopic (exact) mass is 352 g/mol. The second-order valence-electron chi connectivity index (χ2n) is 7.15. The second kappa shape index (κ2) is 7.40. The Kier molecular flexibility index (Phi) is 5.23. The Bertz CT molecular complexity index is 817. The van der Waals surface area contributed by atoms with Crippen LogP contribution in [-0.2, 0) is 18.9 Å². The highest BCUT2D eigenvalue weighted by Crippen LogP contribution is 2.27. The van der Waals surface area contributed by atoms with Gasteiger partial charge in [0.25, 0.3) is 0 Å². The maximum Gasteiger partial charge on any atom is 0.191 e. The van der Waals surface area contributed by atoms with Crippen LogP contribution < -0.4 is 0 Å². The first-order valence-corrected chi connectivity index (χ1v) is 9.46. The number of nitrogens with zero attached hydrogens (tertiary/aromatic N) is 4. The molecule has 0 fully saturated rings. The average Bonchev–Trinajstić information content (AvgIpc) is 2.96. The molecule has 2 aromatic heterocycles. The summed E-state index contributed by atoms with van der Waals surface area (Å²) >= 11 is 1.73. The van der Waals surface area contributed by atoms with Gasteiger partial charge in [-0.25, -0.2) is 0 Å². The maximum atomic E-state index is 4.39. The van der Waals surface area contributed by atoms with Crippen LogP contribution in [0.1, 0.15) is 31.9 Å². The van der Waals surface area contributed by atoms with E-state index in [9.17, 15) is 0 Å². The molecular weight excluding hydrogens is 328 g/mol. The minimum atomic E-state index is 0.159. The molecule has 3 aromatic rings. The molecule has 0 N–H and O–H groups in total. The van der Waals surface area contributed by atoms with E-state index >= 15 is 0 Å². The average molecular weight is 353 g/mol. The summed E-state index contributed by atoms with van der Waals surface area (Å²) < 4.78 is 2.07. The predicted octanol–water partition coefficient (Wildman–Crippen LogP) is 4.51. The van der Waals surface area contributed by atoms with Crippen LogP contribution in [0.25, 0.3) is 11.4 Å². The van der Waals surface area contributed by atoms with E-state index in [2.05, 4.69) is 76.9 Å². The zero-order chi connectivity index (χ0) is 17.9. The van der Waals surface area contributed by atoms with E-state index < -0.39 is 0 Å². The summed E-state index contributed by atoms with van der Waals surface area (Å²) in [5.41, 5.74) is 3.88. The van der Waals surface area contributed by atoms with Crippen molar-refractivity contribution in [1.82, 2.24) is 19.7 Å². The molecule has 130 valence electrons. The number of thioether (sulfide) groups is 1. The smallest absolute Gasteiger partial charge is 0.191 e. The number of aryl methyl sites for hydroxylation is 1. The summed E-state index contributed by atoms with van der Waals surface area (Å²) in [5, 5.41) is 9.69. The number of benzene rings is 1. The Balaban J connectivity index is 1.68. The van der Waals surface area contributed by atoms with Gasteiger partial charge in [-0.3, -0.25) is 4.98 Å². The van der Waals surface area contributed by atoms with Gasteiger partial charge in [0.2, 0.25) is 0 Å². The van der Waals surface area contributed by atoms with E-state index in [1.54, 1.807) is 11.8 Å². The molecular formula is C20H24N4S. The molecule has 2 heterocycles. The molecule has 1 aromatic carbocycles. The molecule has 0 aliphatic rings. The molecule has 0 radical (unpaired) electrons. The van der Waals surface area contributed by atoms with E-state index in [0.29, 0.717) is 0 Å². The Hall–Kier alpha value is -2.14. The Labute approximate surface area is 153 Å². The molecule has 0 saturated heterocycles. The van der Waals surface area contributed by atoms with Crippen molar-refractivity contribution < 1.29 is 0 Å². The van der Waals surface area contributed by atoms with Gasteiger partial charge in [0.1, 0.15) is 0 Å². The van der Waals surface area contributed by atoms with Crippen LogP contribution in [0.2, 0.25) is 0 Å². The fourth-order valence-electron chi connectivity index (χ4n) is 2.62. The second-order valence-corrected chi connectivity index (χ2v) is 8.21. The largest absolute Gasteiger partial charge is 0.305 e. The highest BCUT2D eigenvalue weighted by Gasteiger charge is 2.15. The fraction of sp³-hybridized carbons (Fsp3) is 0.350. The summed E-state index contributed by atoms with van der Waals surface area (Å²) in [4.78, 5) is 4.05. The minimum Gasteiger partial charge on any atom is -0.305 e. The summed E-state index contributed by atoms with van der Waals surface area (Å²) in [7, 11) is 2.03. The number of rotatable bonds is 5. The molecule has 0 atom stereocenters. The molecule has 0 aliphatic heterocycles. The van der Waals surface area contributed by atoms with Gasteiger partial charge in [0.15, 0.2) is 11.0 Å². The van der Waals surface area contributed by atoms with Crippen LogP contribution in [0, 0.1) is 0 Å². The topological polar surface area (TPSA) is 43.6 Å². The van der Waals surface area contributed by atoms with Crippen molar-refractivity contribution in [1.29, 1.82) is 0 Å². The lowest BCUT2D eigenvalue weighted by atomic mass is 9.87. The third kappa shape index (κ3) is 4.28. The Morgan fingerprint density at radius 3 is 2.28 bits per heavy atom. The van der Waals surface area contributed by atoms with E-state index in [1.165, 1.54) is 11.1 Å². The molecule has 0 aliphatic carbocycles. The molecule has 5 heteroatoms. The van der Waals surface area contributed by atoms with Crippen LogP contribution in [0.15, 0.2) is 53.9 Å². The standard InChI is InChI=1S/C20H24N4S/c1-20(2,3)17-7-5-16(6-8-17)18-22-23-19(24(18)4)25-14-11-15-9-12-21-13-10-15/h5-10,12-13H,11,14H2,1-4H3. The van der Waals surface area contributed by atoms with Gasteiger partial charge in [0, 0.05) is 30.8 Å². The summed E-state index contributed by atoms with van der Waals surface area (Å²) in [6.07, 6.45) is 4.67. The lowest BCUT2D eigenvalue weighted by Crippen LogP contribution is -2.10. The summed E-state index contributed by atoms with van der Waals surface area (Å²) in [6, 6.07) is 12.7. The van der Waals surface area contributed by atoms with Crippen LogP contribution in [0.5, 0.6) is 0 Å². The van der Waals surface area contributed by atoms with Crippen molar-refractivity contribution in [2.45, 2.75) is 37.8 Å². The van der Waals surface area contributed by atoms with E-state index in [0.717, 1.165) is 28.7 Å². The summed E-state index contributed by atoms with van der Waals surface area (Å²) in [6.45, 7) is 6.67. The molecule has 4 nitrogen and oxygen atoms in total. The molecule has 0 saturated carbocycles. The van der Waals surface area contributed by atoms with Crippen molar-refractivity contribution in [3.63, 3.8) is 0 Å². The SMILES string of the molecule is Cn1c(SCCc2ccncc2)nnc1-c1ccc(C(C)(C)C)cc1. The normalized spacial score (nSPS) is 11.7. The summed E-state index contributed by atoms with van der Waals surface area (Å²) in [5.74, 6) is 1.88. The van der Waals surface area contributed by atoms with Gasteiger partial charge in [0.05, 0.1) is 0 Å². The van der Waals surface area contributed by atoms with Crippen molar-refractivity contribution in [3.05, 3.63) is 59.9 Å². The number of hydrogen-bond acceptors (Lipinski definition) is 4. The van der Waals surface area contributed by atoms with Gasteiger partial charge in [-0.05, 0) is 35.1 Å². The predicted molar refractivity (Wildman–Crippen MR) is 104 cm³/mol.